The number of halogens is 3. The van der Waals surface area contributed by atoms with Crippen molar-refractivity contribution < 1.29 is 13.9 Å². The molecule has 0 amide bonds. The maximum atomic E-state index is 12.2. The average molecular weight is 274 g/mol. The lowest BCUT2D eigenvalue weighted by Crippen LogP contribution is -2.27. The molecule has 0 saturated carbocycles. The summed E-state index contributed by atoms with van der Waals surface area (Å²) in [4.78, 5) is 7.92. The average Bonchev–Trinajstić information content (AvgIpc) is 2.35. The Balaban J connectivity index is 2.27. The summed E-state index contributed by atoms with van der Waals surface area (Å²) in [6.07, 6.45) is -4.56. The Morgan fingerprint density at radius 2 is 2.00 bits per heavy atom. The first-order valence-electron chi connectivity index (χ1n) is 5.20. The maximum absolute atomic E-state index is 12.2. The van der Waals surface area contributed by atoms with Crippen molar-refractivity contribution in [3.05, 3.63) is 29.5 Å². The number of hydrogen-bond acceptors (Lipinski definition) is 4. The second kappa shape index (κ2) is 5.41. The Hall–Kier alpha value is -1.53. The molecule has 1 heterocycles. The number of fused-ring (bicyclic) bond motifs is 1. The van der Waals surface area contributed by atoms with Crippen LogP contribution in [0.4, 0.5) is 14.6 Å². The van der Waals surface area contributed by atoms with E-state index in [-0.39, 0.29) is 11.8 Å². The lowest BCUT2D eigenvalue weighted by molar-refractivity contribution is 0.00382. The van der Waals surface area contributed by atoms with E-state index in [1.54, 1.807) is 24.3 Å². The summed E-state index contributed by atoms with van der Waals surface area (Å²) in [6.45, 7) is -0.311. The molecule has 0 radical (unpaired) electrons. The monoisotopic (exact) mass is 273 g/mol. The second-order valence-electron chi connectivity index (χ2n) is 3.64. The molecule has 2 aromatic rings. The fourth-order valence-corrected chi connectivity index (χ4v) is 1.65. The Morgan fingerprint density at radius 1 is 1.28 bits per heavy atom. The molecule has 2 N–H and O–H groups in total. The van der Waals surface area contributed by atoms with Gasteiger partial charge in [-0.2, -0.15) is 0 Å². The lowest BCUT2D eigenvalue weighted by atomic mass is 10.2. The third-order valence-electron chi connectivity index (χ3n) is 2.35. The van der Waals surface area contributed by atoms with Crippen LogP contribution < -0.4 is 5.32 Å². The number of rotatable bonds is 4. The Kier molecular flexibility index (Phi) is 3.88. The van der Waals surface area contributed by atoms with Crippen molar-refractivity contribution in [1.82, 2.24) is 9.97 Å². The second-order valence-corrected chi connectivity index (χ2v) is 3.98. The molecule has 2 rings (SSSR count). The van der Waals surface area contributed by atoms with E-state index in [2.05, 4.69) is 15.3 Å². The molecule has 0 saturated heterocycles. The van der Waals surface area contributed by atoms with Crippen LogP contribution in [0, 0.1) is 0 Å². The number of aliphatic hydroxyl groups is 1. The molecule has 1 aromatic heterocycles. The maximum Gasteiger partial charge on any atom is 0.265 e. The van der Waals surface area contributed by atoms with Gasteiger partial charge in [0.1, 0.15) is 11.9 Å². The quantitative estimate of drug-likeness (QED) is 0.840. The Bertz CT molecular complexity index is 553. The minimum absolute atomic E-state index is 0.0164. The normalized spacial score (nSPS) is 12.9. The summed E-state index contributed by atoms with van der Waals surface area (Å²) in [7, 11) is 0. The number of hydrogen-bond donors (Lipinski definition) is 2. The van der Waals surface area contributed by atoms with Crippen LogP contribution in [0.2, 0.25) is 5.28 Å². The van der Waals surface area contributed by atoms with Gasteiger partial charge >= 0.3 is 0 Å². The summed E-state index contributed by atoms with van der Waals surface area (Å²) in [5.74, 6) is 0.324. The SMILES string of the molecule is OC(CNc1nc(Cl)nc2ccccc12)C(F)F. The van der Waals surface area contributed by atoms with Crippen LogP contribution in [-0.4, -0.2) is 34.1 Å². The summed E-state index contributed by atoms with van der Waals surface area (Å²) in [5.41, 5.74) is 0.603. The van der Waals surface area contributed by atoms with Crippen molar-refractivity contribution >= 4 is 28.3 Å². The van der Waals surface area contributed by atoms with Crippen molar-refractivity contribution in [3.8, 4) is 0 Å². The van der Waals surface area contributed by atoms with Crippen molar-refractivity contribution in [2.45, 2.75) is 12.5 Å². The smallest absolute Gasteiger partial charge is 0.265 e. The molecular formula is C11H10ClF2N3O. The predicted molar refractivity (Wildman–Crippen MR) is 65.0 cm³/mol. The van der Waals surface area contributed by atoms with Crippen LogP contribution in [0.5, 0.6) is 0 Å². The van der Waals surface area contributed by atoms with Gasteiger partial charge in [0.05, 0.1) is 5.52 Å². The lowest BCUT2D eigenvalue weighted by Gasteiger charge is -2.12. The minimum Gasteiger partial charge on any atom is -0.385 e. The minimum atomic E-state index is -2.80. The molecule has 0 spiro atoms. The molecule has 96 valence electrons. The van der Waals surface area contributed by atoms with Crippen LogP contribution in [0.3, 0.4) is 0 Å². The molecule has 1 atom stereocenters. The summed E-state index contributed by atoms with van der Waals surface area (Å²) >= 11 is 5.73. The van der Waals surface area contributed by atoms with Crippen molar-refractivity contribution in [3.63, 3.8) is 0 Å². The standard InChI is InChI=1S/C11H10ClF2N3O/c12-11-16-7-4-2-1-3-6(7)10(17-11)15-5-8(18)9(13)14/h1-4,8-9,18H,5H2,(H,15,16,17). The third-order valence-corrected chi connectivity index (χ3v) is 2.51. The number of alkyl halides is 2. The molecule has 0 bridgehead atoms. The van der Waals surface area contributed by atoms with Crippen LogP contribution in [0.25, 0.3) is 10.9 Å². The van der Waals surface area contributed by atoms with Gasteiger partial charge in [0.15, 0.2) is 0 Å². The summed E-state index contributed by atoms with van der Waals surface area (Å²) < 4.78 is 24.4. The first kappa shape index (κ1) is 12.9. The van der Waals surface area contributed by atoms with E-state index in [0.29, 0.717) is 16.7 Å². The molecule has 0 aliphatic heterocycles. The zero-order valence-electron chi connectivity index (χ0n) is 9.15. The zero-order valence-corrected chi connectivity index (χ0v) is 9.90. The van der Waals surface area contributed by atoms with Gasteiger partial charge in [0.2, 0.25) is 5.28 Å². The highest BCUT2D eigenvalue weighted by Crippen LogP contribution is 2.21. The van der Waals surface area contributed by atoms with Crippen LogP contribution in [0.15, 0.2) is 24.3 Å². The molecule has 0 aliphatic rings. The van der Waals surface area contributed by atoms with Gasteiger partial charge in [-0.05, 0) is 23.7 Å². The van der Waals surface area contributed by atoms with Crippen molar-refractivity contribution in [2.75, 3.05) is 11.9 Å². The van der Waals surface area contributed by atoms with Gasteiger partial charge in [-0.15, -0.1) is 0 Å². The Labute approximate surface area is 107 Å². The molecule has 0 fully saturated rings. The zero-order chi connectivity index (χ0) is 13.1. The van der Waals surface area contributed by atoms with E-state index in [1.807, 2.05) is 0 Å². The van der Waals surface area contributed by atoms with E-state index >= 15 is 0 Å². The highest BCUT2D eigenvalue weighted by atomic mass is 35.5. The molecule has 7 heteroatoms. The number of anilines is 1. The molecule has 1 aromatic carbocycles. The topological polar surface area (TPSA) is 58.0 Å². The molecule has 0 aliphatic carbocycles. The van der Waals surface area contributed by atoms with E-state index in [1.165, 1.54) is 0 Å². The molecule has 4 nitrogen and oxygen atoms in total. The summed E-state index contributed by atoms with van der Waals surface area (Å²) in [6, 6.07) is 7.03. The van der Waals surface area contributed by atoms with Crippen LogP contribution in [0.1, 0.15) is 0 Å². The van der Waals surface area contributed by atoms with Crippen LogP contribution >= 0.6 is 11.6 Å². The van der Waals surface area contributed by atoms with Gasteiger partial charge < -0.3 is 10.4 Å². The first-order chi connectivity index (χ1) is 8.58. The van der Waals surface area contributed by atoms with Crippen molar-refractivity contribution in [1.29, 1.82) is 0 Å². The van der Waals surface area contributed by atoms with Gasteiger partial charge in [0.25, 0.3) is 6.43 Å². The van der Waals surface area contributed by atoms with E-state index in [9.17, 15) is 8.78 Å². The van der Waals surface area contributed by atoms with Gasteiger partial charge in [-0.1, -0.05) is 12.1 Å². The van der Waals surface area contributed by atoms with E-state index in [4.69, 9.17) is 16.7 Å². The van der Waals surface area contributed by atoms with Gasteiger partial charge in [-0.3, -0.25) is 0 Å². The largest absolute Gasteiger partial charge is 0.385 e. The van der Waals surface area contributed by atoms with Crippen LogP contribution in [-0.2, 0) is 0 Å². The van der Waals surface area contributed by atoms with E-state index in [0.717, 1.165) is 0 Å². The number of nitrogens with zero attached hydrogens (tertiary/aromatic N) is 2. The Morgan fingerprint density at radius 3 is 2.72 bits per heavy atom. The predicted octanol–water partition coefficient (Wildman–Crippen LogP) is 2.32. The molecule has 18 heavy (non-hydrogen) atoms. The third kappa shape index (κ3) is 2.83. The highest BCUT2D eigenvalue weighted by Gasteiger charge is 2.17. The number of nitrogens with one attached hydrogen (secondary N) is 1. The van der Waals surface area contributed by atoms with Gasteiger partial charge in [-0.25, -0.2) is 18.7 Å². The highest BCUT2D eigenvalue weighted by molar-refractivity contribution is 6.28. The number of aliphatic hydroxyl groups excluding tert-OH is 1. The molecule has 1 unspecified atom stereocenters. The van der Waals surface area contributed by atoms with E-state index < -0.39 is 12.5 Å². The summed E-state index contributed by atoms with van der Waals surface area (Å²) in [5, 5.41) is 12.4. The fraction of sp³-hybridized carbons (Fsp3) is 0.273. The number of para-hydroxylation sites is 1. The number of aromatic nitrogens is 2. The fourth-order valence-electron chi connectivity index (χ4n) is 1.47. The first-order valence-corrected chi connectivity index (χ1v) is 5.58. The number of benzene rings is 1. The molecular weight excluding hydrogens is 264 g/mol. The van der Waals surface area contributed by atoms with Crippen molar-refractivity contribution in [2.24, 2.45) is 0 Å². The van der Waals surface area contributed by atoms with Gasteiger partial charge in [0, 0.05) is 11.9 Å².